The highest BCUT2D eigenvalue weighted by Gasteiger charge is 2.26. The number of rotatable bonds is 3. The summed E-state index contributed by atoms with van der Waals surface area (Å²) < 4.78 is 4.81. The first-order valence-corrected chi connectivity index (χ1v) is 6.96. The minimum absolute atomic E-state index is 0.0512. The monoisotopic (exact) mass is 302 g/mol. The number of pyridine rings is 1. The topological polar surface area (TPSA) is 42.4 Å². The van der Waals surface area contributed by atoms with Crippen molar-refractivity contribution in [2.75, 3.05) is 20.2 Å². The standard InChI is InChI=1S/C13H16Cl2N2O2/c1-19-13(18)9-3-2-4-17(7-9)8-10-5-11(14)6-16-12(10)15/h5-6,9H,2-4,7-8H2,1H3. The summed E-state index contributed by atoms with van der Waals surface area (Å²) in [6.07, 6.45) is 3.39. The van der Waals surface area contributed by atoms with Gasteiger partial charge in [-0.05, 0) is 25.5 Å². The fraction of sp³-hybridized carbons (Fsp3) is 0.538. The normalized spacial score (nSPS) is 20.3. The number of hydrogen-bond donors (Lipinski definition) is 0. The molecule has 0 saturated carbocycles. The summed E-state index contributed by atoms with van der Waals surface area (Å²) in [6, 6.07) is 1.82. The molecule has 2 rings (SSSR count). The number of carbonyl (C=O) groups excluding carboxylic acids is 1. The third-order valence-electron chi connectivity index (χ3n) is 3.31. The van der Waals surface area contributed by atoms with Gasteiger partial charge in [-0.2, -0.15) is 0 Å². The van der Waals surface area contributed by atoms with Crippen LogP contribution in [0.4, 0.5) is 0 Å². The van der Waals surface area contributed by atoms with Gasteiger partial charge in [-0.3, -0.25) is 9.69 Å². The van der Waals surface area contributed by atoms with Crippen LogP contribution in [0.5, 0.6) is 0 Å². The van der Waals surface area contributed by atoms with Crippen LogP contribution in [0.2, 0.25) is 10.2 Å². The van der Waals surface area contributed by atoms with Crippen LogP contribution in [-0.4, -0.2) is 36.1 Å². The smallest absolute Gasteiger partial charge is 0.309 e. The molecule has 0 aromatic carbocycles. The number of piperidine rings is 1. The molecule has 0 N–H and O–H groups in total. The molecule has 2 heterocycles. The Hall–Kier alpha value is -0.840. The van der Waals surface area contributed by atoms with Gasteiger partial charge in [0.2, 0.25) is 0 Å². The molecule has 0 bridgehead atoms. The number of ether oxygens (including phenoxy) is 1. The van der Waals surface area contributed by atoms with E-state index in [0.29, 0.717) is 23.3 Å². The lowest BCUT2D eigenvalue weighted by Gasteiger charge is -2.31. The van der Waals surface area contributed by atoms with E-state index in [1.807, 2.05) is 6.07 Å². The lowest BCUT2D eigenvalue weighted by molar-refractivity contribution is -0.147. The number of likely N-dealkylation sites (tertiary alicyclic amines) is 1. The van der Waals surface area contributed by atoms with Gasteiger partial charge in [0.25, 0.3) is 0 Å². The van der Waals surface area contributed by atoms with Gasteiger partial charge in [-0.15, -0.1) is 0 Å². The highest BCUT2D eigenvalue weighted by Crippen LogP contribution is 2.23. The molecule has 0 aliphatic carbocycles. The molecule has 104 valence electrons. The second-order valence-corrected chi connectivity index (χ2v) is 5.50. The predicted octanol–water partition coefficient (Wildman–Crippen LogP) is 2.77. The van der Waals surface area contributed by atoms with Crippen molar-refractivity contribution in [2.45, 2.75) is 19.4 Å². The molecule has 4 nitrogen and oxygen atoms in total. The van der Waals surface area contributed by atoms with Gasteiger partial charge >= 0.3 is 5.97 Å². The van der Waals surface area contributed by atoms with E-state index in [9.17, 15) is 4.79 Å². The first kappa shape index (κ1) is 14.6. The van der Waals surface area contributed by atoms with E-state index in [0.717, 1.165) is 24.9 Å². The maximum Gasteiger partial charge on any atom is 0.309 e. The molecule has 1 fully saturated rings. The van der Waals surface area contributed by atoms with Crippen LogP contribution >= 0.6 is 23.2 Å². The van der Waals surface area contributed by atoms with E-state index in [-0.39, 0.29) is 11.9 Å². The van der Waals surface area contributed by atoms with Crippen molar-refractivity contribution in [1.29, 1.82) is 0 Å². The highest BCUT2D eigenvalue weighted by atomic mass is 35.5. The average molecular weight is 303 g/mol. The zero-order chi connectivity index (χ0) is 13.8. The van der Waals surface area contributed by atoms with Crippen molar-refractivity contribution in [3.63, 3.8) is 0 Å². The van der Waals surface area contributed by atoms with E-state index in [1.54, 1.807) is 0 Å². The molecule has 1 aromatic rings. The molecule has 1 aliphatic rings. The van der Waals surface area contributed by atoms with Crippen LogP contribution < -0.4 is 0 Å². The predicted molar refractivity (Wildman–Crippen MR) is 74.3 cm³/mol. The Morgan fingerprint density at radius 2 is 2.37 bits per heavy atom. The first-order valence-electron chi connectivity index (χ1n) is 6.20. The van der Waals surface area contributed by atoms with Gasteiger partial charge in [0.05, 0.1) is 18.1 Å². The van der Waals surface area contributed by atoms with Crippen molar-refractivity contribution in [2.24, 2.45) is 5.92 Å². The van der Waals surface area contributed by atoms with Crippen molar-refractivity contribution in [3.8, 4) is 0 Å². The summed E-state index contributed by atoms with van der Waals surface area (Å²) in [5, 5.41) is 1.03. The van der Waals surface area contributed by atoms with Crippen LogP contribution in [0.3, 0.4) is 0 Å². The average Bonchev–Trinajstić information content (AvgIpc) is 2.42. The minimum Gasteiger partial charge on any atom is -0.469 e. The molecule has 1 aromatic heterocycles. The number of aromatic nitrogens is 1. The Kier molecular flexibility index (Phi) is 5.02. The molecular weight excluding hydrogens is 287 g/mol. The third-order valence-corrected chi connectivity index (χ3v) is 3.86. The zero-order valence-corrected chi connectivity index (χ0v) is 12.2. The van der Waals surface area contributed by atoms with Gasteiger partial charge < -0.3 is 4.74 Å². The van der Waals surface area contributed by atoms with Gasteiger partial charge in [0, 0.05) is 24.8 Å². The number of methoxy groups -OCH3 is 1. The largest absolute Gasteiger partial charge is 0.469 e. The minimum atomic E-state index is -0.139. The molecule has 0 amide bonds. The Morgan fingerprint density at radius 3 is 3.11 bits per heavy atom. The molecule has 1 saturated heterocycles. The summed E-state index contributed by atoms with van der Waals surface area (Å²) in [5.74, 6) is -0.190. The maximum absolute atomic E-state index is 11.6. The van der Waals surface area contributed by atoms with Crippen molar-refractivity contribution in [1.82, 2.24) is 9.88 Å². The SMILES string of the molecule is COC(=O)C1CCCN(Cc2cc(Cl)cnc2Cl)C1. The molecule has 19 heavy (non-hydrogen) atoms. The van der Waals surface area contributed by atoms with E-state index < -0.39 is 0 Å². The lowest BCUT2D eigenvalue weighted by Crippen LogP contribution is -2.38. The van der Waals surface area contributed by atoms with E-state index >= 15 is 0 Å². The van der Waals surface area contributed by atoms with Gasteiger partial charge in [0.1, 0.15) is 5.15 Å². The van der Waals surface area contributed by atoms with Crippen molar-refractivity contribution >= 4 is 29.2 Å². The van der Waals surface area contributed by atoms with E-state index in [4.69, 9.17) is 27.9 Å². The number of halogens is 2. The Labute approximate surface area is 122 Å². The lowest BCUT2D eigenvalue weighted by atomic mass is 9.98. The van der Waals surface area contributed by atoms with Crippen LogP contribution in [0.15, 0.2) is 12.3 Å². The van der Waals surface area contributed by atoms with Crippen molar-refractivity contribution in [3.05, 3.63) is 28.0 Å². The number of hydrogen-bond acceptors (Lipinski definition) is 4. The van der Waals surface area contributed by atoms with Crippen LogP contribution in [0.25, 0.3) is 0 Å². The fourth-order valence-electron chi connectivity index (χ4n) is 2.37. The molecule has 0 radical (unpaired) electrons. The summed E-state index contributed by atoms with van der Waals surface area (Å²) in [5.41, 5.74) is 0.889. The fourth-order valence-corrected chi connectivity index (χ4v) is 2.72. The molecular formula is C13H16Cl2N2O2. The number of nitrogens with zero attached hydrogens (tertiary/aromatic N) is 2. The van der Waals surface area contributed by atoms with Gasteiger partial charge in [-0.1, -0.05) is 23.2 Å². The first-order chi connectivity index (χ1) is 9.10. The van der Waals surface area contributed by atoms with E-state index in [1.165, 1.54) is 13.3 Å². The van der Waals surface area contributed by atoms with Gasteiger partial charge in [0.15, 0.2) is 0 Å². The maximum atomic E-state index is 11.6. The number of carbonyl (C=O) groups is 1. The quantitative estimate of drug-likeness (QED) is 0.636. The second kappa shape index (κ2) is 6.55. The molecule has 1 unspecified atom stereocenters. The third kappa shape index (κ3) is 3.81. The Morgan fingerprint density at radius 1 is 1.58 bits per heavy atom. The molecule has 0 spiro atoms. The zero-order valence-electron chi connectivity index (χ0n) is 10.7. The van der Waals surface area contributed by atoms with Crippen LogP contribution in [0, 0.1) is 5.92 Å². The van der Waals surface area contributed by atoms with E-state index in [2.05, 4.69) is 9.88 Å². The summed E-state index contributed by atoms with van der Waals surface area (Å²) >= 11 is 12.0. The molecule has 1 aliphatic heterocycles. The summed E-state index contributed by atoms with van der Waals surface area (Å²) in [7, 11) is 1.43. The Balaban J connectivity index is 2.02. The second-order valence-electron chi connectivity index (χ2n) is 4.70. The summed E-state index contributed by atoms with van der Waals surface area (Å²) in [4.78, 5) is 17.8. The highest BCUT2D eigenvalue weighted by molar-refractivity contribution is 6.32. The molecule has 1 atom stereocenters. The van der Waals surface area contributed by atoms with Crippen molar-refractivity contribution < 1.29 is 9.53 Å². The molecule has 6 heteroatoms. The summed E-state index contributed by atoms with van der Waals surface area (Å²) in [6.45, 7) is 2.28. The van der Waals surface area contributed by atoms with Crippen LogP contribution in [0.1, 0.15) is 18.4 Å². The number of esters is 1. The van der Waals surface area contributed by atoms with Crippen LogP contribution in [-0.2, 0) is 16.1 Å². The Bertz CT molecular complexity index is 468. The van der Waals surface area contributed by atoms with Gasteiger partial charge in [-0.25, -0.2) is 4.98 Å².